The molecular formula is C22H24ClN3O3S2. The van der Waals surface area contributed by atoms with Gasteiger partial charge in [-0.2, -0.15) is 0 Å². The van der Waals surface area contributed by atoms with Gasteiger partial charge >= 0.3 is 5.97 Å². The second-order valence-electron chi connectivity index (χ2n) is 7.57. The molecule has 4 rings (SSSR count). The molecule has 0 N–H and O–H groups in total. The van der Waals surface area contributed by atoms with Crippen molar-refractivity contribution in [2.45, 2.75) is 37.4 Å². The predicted molar refractivity (Wildman–Crippen MR) is 127 cm³/mol. The molecule has 1 aromatic carbocycles. The van der Waals surface area contributed by atoms with Crippen molar-refractivity contribution in [2.24, 2.45) is 0 Å². The van der Waals surface area contributed by atoms with Gasteiger partial charge in [0.25, 0.3) is 5.56 Å². The summed E-state index contributed by atoms with van der Waals surface area (Å²) in [6.07, 6.45) is 2.83. The average molecular weight is 478 g/mol. The van der Waals surface area contributed by atoms with E-state index in [1.165, 1.54) is 23.7 Å². The Kier molecular flexibility index (Phi) is 7.01. The molecule has 0 radical (unpaired) electrons. The maximum Gasteiger partial charge on any atom is 0.305 e. The molecule has 3 heterocycles. The molecule has 0 atom stereocenters. The van der Waals surface area contributed by atoms with Gasteiger partial charge in [0.05, 0.1) is 18.2 Å². The molecule has 0 spiro atoms. The lowest BCUT2D eigenvalue weighted by Crippen LogP contribution is -2.27. The molecule has 3 aromatic rings. The topological polar surface area (TPSA) is 64.4 Å². The summed E-state index contributed by atoms with van der Waals surface area (Å²) in [5.74, 6) is 0.554. The van der Waals surface area contributed by atoms with Crippen molar-refractivity contribution in [1.82, 2.24) is 14.5 Å². The van der Waals surface area contributed by atoms with Gasteiger partial charge in [0.2, 0.25) is 0 Å². The predicted octanol–water partition coefficient (Wildman–Crippen LogP) is 4.52. The lowest BCUT2D eigenvalue weighted by molar-refractivity contribution is -0.140. The first kappa shape index (κ1) is 22.3. The minimum atomic E-state index is -0.200. The number of thioether (sulfide) groups is 1. The van der Waals surface area contributed by atoms with Crippen molar-refractivity contribution in [3.8, 4) is 5.69 Å². The van der Waals surface area contributed by atoms with E-state index >= 15 is 0 Å². The Balaban J connectivity index is 1.72. The molecular weight excluding hydrogens is 454 g/mol. The molecule has 9 heteroatoms. The third-order valence-electron chi connectivity index (χ3n) is 5.34. The summed E-state index contributed by atoms with van der Waals surface area (Å²) in [6.45, 7) is 1.79. The first-order valence-corrected chi connectivity index (χ1v) is 12.4. The highest BCUT2D eigenvalue weighted by molar-refractivity contribution is 7.99. The van der Waals surface area contributed by atoms with Crippen molar-refractivity contribution in [3.05, 3.63) is 50.1 Å². The average Bonchev–Trinajstić information content (AvgIpc) is 3.10. The molecule has 31 heavy (non-hydrogen) atoms. The fourth-order valence-electron chi connectivity index (χ4n) is 3.73. The van der Waals surface area contributed by atoms with Crippen LogP contribution < -0.4 is 5.56 Å². The number of fused-ring (bicyclic) bond motifs is 3. The van der Waals surface area contributed by atoms with Crippen LogP contribution in [0.5, 0.6) is 0 Å². The number of hydrogen-bond acceptors (Lipinski definition) is 7. The molecule has 2 aromatic heterocycles. The first-order valence-electron chi connectivity index (χ1n) is 10.2. The van der Waals surface area contributed by atoms with Crippen LogP contribution in [-0.2, 0) is 22.5 Å². The van der Waals surface area contributed by atoms with Gasteiger partial charge in [0.1, 0.15) is 4.83 Å². The Morgan fingerprint density at radius 3 is 2.97 bits per heavy atom. The van der Waals surface area contributed by atoms with Crippen LogP contribution in [-0.4, -0.2) is 46.9 Å². The number of esters is 1. The molecule has 0 saturated heterocycles. The van der Waals surface area contributed by atoms with Crippen LogP contribution in [0.15, 0.2) is 34.2 Å². The molecule has 0 fully saturated rings. The number of likely N-dealkylation sites (N-methyl/N-ethyl adjacent to an activating group) is 1. The molecule has 1 aliphatic heterocycles. The maximum atomic E-state index is 13.7. The van der Waals surface area contributed by atoms with E-state index in [2.05, 4.69) is 11.9 Å². The van der Waals surface area contributed by atoms with E-state index < -0.39 is 0 Å². The molecule has 1 aliphatic rings. The van der Waals surface area contributed by atoms with Crippen molar-refractivity contribution in [3.63, 3.8) is 0 Å². The van der Waals surface area contributed by atoms with E-state index in [0.29, 0.717) is 16.6 Å². The van der Waals surface area contributed by atoms with Gasteiger partial charge in [-0.05, 0) is 50.1 Å². The summed E-state index contributed by atoms with van der Waals surface area (Å²) in [5, 5.41) is 1.97. The zero-order valence-corrected chi connectivity index (χ0v) is 19.9. The van der Waals surface area contributed by atoms with E-state index in [0.717, 1.165) is 59.6 Å². The first-order chi connectivity index (χ1) is 15.0. The minimum Gasteiger partial charge on any atom is -0.469 e. The van der Waals surface area contributed by atoms with E-state index in [1.807, 2.05) is 12.1 Å². The Morgan fingerprint density at radius 2 is 2.19 bits per heavy atom. The van der Waals surface area contributed by atoms with Gasteiger partial charge in [0.15, 0.2) is 5.16 Å². The zero-order chi connectivity index (χ0) is 22.0. The summed E-state index contributed by atoms with van der Waals surface area (Å²) < 4.78 is 6.38. The Labute approximate surface area is 194 Å². The van der Waals surface area contributed by atoms with Crippen molar-refractivity contribution in [1.29, 1.82) is 0 Å². The molecule has 0 saturated carbocycles. The van der Waals surface area contributed by atoms with E-state index in [9.17, 15) is 9.59 Å². The lowest BCUT2D eigenvalue weighted by Gasteiger charge is -2.21. The van der Waals surface area contributed by atoms with Crippen LogP contribution in [0.2, 0.25) is 5.02 Å². The van der Waals surface area contributed by atoms with Crippen LogP contribution in [0.1, 0.15) is 29.7 Å². The summed E-state index contributed by atoms with van der Waals surface area (Å²) in [6, 6.07) is 7.32. The van der Waals surface area contributed by atoms with Crippen molar-refractivity contribution < 1.29 is 9.53 Å². The number of carbonyl (C=O) groups is 1. The molecule has 164 valence electrons. The number of aromatic nitrogens is 2. The van der Waals surface area contributed by atoms with Crippen molar-refractivity contribution in [2.75, 3.05) is 26.5 Å². The number of carbonyl (C=O) groups excluding carboxylic acids is 1. The third kappa shape index (κ3) is 4.82. The normalized spacial score (nSPS) is 14.0. The number of benzene rings is 1. The molecule has 0 unspecified atom stereocenters. The number of halogens is 1. The van der Waals surface area contributed by atoms with E-state index in [-0.39, 0.29) is 11.5 Å². The van der Waals surface area contributed by atoms with Gasteiger partial charge in [-0.15, -0.1) is 11.3 Å². The monoisotopic (exact) mass is 477 g/mol. The minimum absolute atomic E-state index is 0.0358. The summed E-state index contributed by atoms with van der Waals surface area (Å²) in [7, 11) is 3.50. The number of hydrogen-bond donors (Lipinski definition) is 0. The van der Waals surface area contributed by atoms with Crippen LogP contribution in [0.3, 0.4) is 0 Å². The van der Waals surface area contributed by atoms with Crippen LogP contribution in [0.4, 0.5) is 0 Å². The quantitative estimate of drug-likeness (QED) is 0.216. The van der Waals surface area contributed by atoms with Gasteiger partial charge in [-0.3, -0.25) is 14.2 Å². The summed E-state index contributed by atoms with van der Waals surface area (Å²) in [4.78, 5) is 34.2. The highest BCUT2D eigenvalue weighted by Gasteiger charge is 2.24. The fraction of sp³-hybridized carbons (Fsp3) is 0.409. The number of nitrogens with zero attached hydrogens (tertiary/aromatic N) is 3. The third-order valence-corrected chi connectivity index (χ3v) is 7.71. The fourth-order valence-corrected chi connectivity index (χ4v) is 6.27. The largest absolute Gasteiger partial charge is 0.469 e. The van der Waals surface area contributed by atoms with Crippen LogP contribution >= 0.6 is 34.7 Å². The van der Waals surface area contributed by atoms with Gasteiger partial charge in [-0.25, -0.2) is 4.98 Å². The Bertz CT molecular complexity index is 1170. The SMILES string of the molecule is COC(=O)CCCCSc1nc2sc3c(c2c(=O)n1-c1cccc(Cl)c1)CCN(C)C3. The number of rotatable bonds is 7. The smallest absolute Gasteiger partial charge is 0.305 e. The molecule has 0 bridgehead atoms. The number of ether oxygens (including phenoxy) is 1. The number of unbranched alkanes of at least 4 members (excludes halogenated alkanes) is 1. The van der Waals surface area contributed by atoms with Gasteiger partial charge in [0, 0.05) is 35.2 Å². The molecule has 0 aliphatic carbocycles. The number of methoxy groups -OCH3 is 1. The molecule has 0 amide bonds. The second-order valence-corrected chi connectivity index (χ2v) is 10.2. The van der Waals surface area contributed by atoms with Crippen molar-refractivity contribution >= 4 is 50.9 Å². The Morgan fingerprint density at radius 1 is 1.35 bits per heavy atom. The maximum absolute atomic E-state index is 13.7. The lowest BCUT2D eigenvalue weighted by atomic mass is 10.1. The summed E-state index contributed by atoms with van der Waals surface area (Å²) in [5.41, 5.74) is 1.82. The summed E-state index contributed by atoms with van der Waals surface area (Å²) >= 11 is 9.39. The van der Waals surface area contributed by atoms with E-state index in [4.69, 9.17) is 21.3 Å². The Hall–Kier alpha value is -1.87. The zero-order valence-electron chi connectivity index (χ0n) is 17.5. The van der Waals surface area contributed by atoms with Gasteiger partial charge < -0.3 is 9.64 Å². The van der Waals surface area contributed by atoms with Crippen LogP contribution in [0, 0.1) is 0 Å². The highest BCUT2D eigenvalue weighted by Crippen LogP contribution is 2.34. The molecule has 6 nitrogen and oxygen atoms in total. The second kappa shape index (κ2) is 9.73. The highest BCUT2D eigenvalue weighted by atomic mass is 35.5. The standard InChI is InChI=1S/C22H24ClN3O3S2/c1-25-10-9-16-17(13-25)31-20-19(16)21(28)26(15-7-5-6-14(23)12-15)22(24-20)30-11-4-3-8-18(27)29-2/h5-7,12H,3-4,8-11,13H2,1-2H3. The van der Waals surface area contributed by atoms with E-state index in [1.54, 1.807) is 28.0 Å². The number of thiophene rings is 1. The van der Waals surface area contributed by atoms with Crippen LogP contribution in [0.25, 0.3) is 15.9 Å². The van der Waals surface area contributed by atoms with Gasteiger partial charge in [-0.1, -0.05) is 29.4 Å².